The number of carbonyl (C=O) groups is 2. The summed E-state index contributed by atoms with van der Waals surface area (Å²) < 4.78 is 16.3. The van der Waals surface area contributed by atoms with Crippen molar-refractivity contribution in [2.75, 3.05) is 6.61 Å². The van der Waals surface area contributed by atoms with Gasteiger partial charge in [-0.05, 0) is 73.7 Å². The van der Waals surface area contributed by atoms with Gasteiger partial charge in [0.2, 0.25) is 0 Å². The molecule has 0 amide bonds. The third-order valence-corrected chi connectivity index (χ3v) is 5.15. The summed E-state index contributed by atoms with van der Waals surface area (Å²) in [6.07, 6.45) is 0.364. The molecule has 0 bridgehead atoms. The third kappa shape index (κ3) is 7.22. The van der Waals surface area contributed by atoms with E-state index in [0.717, 1.165) is 17.5 Å². The quantitative estimate of drug-likeness (QED) is 0.347. The van der Waals surface area contributed by atoms with Crippen molar-refractivity contribution in [1.29, 1.82) is 0 Å². The molecular weight excluding hydrogens is 427 g/mol. The first kappa shape index (κ1) is 24.0. The predicted molar refractivity (Wildman–Crippen MR) is 117 cm³/mol. The van der Waals surface area contributed by atoms with Gasteiger partial charge >= 0.3 is 11.9 Å². The Bertz CT molecular complexity index is 897. The number of halogens is 2. The van der Waals surface area contributed by atoms with Gasteiger partial charge in [0.25, 0.3) is 0 Å². The van der Waals surface area contributed by atoms with Crippen LogP contribution in [0.15, 0.2) is 36.4 Å². The monoisotopic (exact) mass is 452 g/mol. The first-order valence-electron chi connectivity index (χ1n) is 9.75. The topological polar surface area (TPSA) is 61.8 Å². The highest BCUT2D eigenvalue weighted by Crippen LogP contribution is 2.25. The van der Waals surface area contributed by atoms with Crippen LogP contribution in [-0.2, 0) is 14.3 Å². The minimum atomic E-state index is -0.916. The lowest BCUT2D eigenvalue weighted by Crippen LogP contribution is -2.34. The Morgan fingerprint density at radius 1 is 0.967 bits per heavy atom. The maximum Gasteiger partial charge on any atom is 0.355 e. The van der Waals surface area contributed by atoms with Crippen molar-refractivity contribution >= 4 is 35.1 Å². The molecule has 0 spiro atoms. The molecule has 5 nitrogen and oxygen atoms in total. The number of benzene rings is 2. The van der Waals surface area contributed by atoms with Gasteiger partial charge in [0.05, 0.1) is 0 Å². The lowest BCUT2D eigenvalue weighted by Gasteiger charge is -2.21. The Kier molecular flexibility index (Phi) is 9.00. The molecule has 2 rings (SSSR count). The molecule has 0 heterocycles. The van der Waals surface area contributed by atoms with Gasteiger partial charge in [-0.1, -0.05) is 43.5 Å². The minimum Gasteiger partial charge on any atom is -0.482 e. The number of hydrogen-bond acceptors (Lipinski definition) is 5. The number of aryl methyl sites for hydroxylation is 2. The number of esters is 2. The van der Waals surface area contributed by atoms with E-state index in [1.807, 2.05) is 27.7 Å². The summed E-state index contributed by atoms with van der Waals surface area (Å²) in [6.45, 7) is 7.27. The van der Waals surface area contributed by atoms with Crippen LogP contribution in [0, 0.1) is 19.8 Å². The fourth-order valence-electron chi connectivity index (χ4n) is 2.74. The zero-order valence-corrected chi connectivity index (χ0v) is 19.0. The number of carbonyl (C=O) groups excluding carboxylic acids is 2. The van der Waals surface area contributed by atoms with Crippen LogP contribution >= 0.6 is 23.2 Å². The molecule has 2 aromatic carbocycles. The van der Waals surface area contributed by atoms with Gasteiger partial charge in [-0.3, -0.25) is 0 Å². The molecule has 0 aliphatic rings. The summed E-state index contributed by atoms with van der Waals surface area (Å²) >= 11 is 11.9. The minimum absolute atomic E-state index is 0.207. The molecular formula is C23H26Cl2O5. The standard InChI is InChI=1S/C23H26Cl2O5/c1-5-14(2)10-21(29-20-9-7-18(25)12-16(20)4)23(27)30-22(26)13-28-19-8-6-17(24)11-15(19)3/h6-9,11-12,14,21H,5,10,13H2,1-4H3. The summed E-state index contributed by atoms with van der Waals surface area (Å²) in [5.41, 5.74) is 1.56. The molecule has 7 heteroatoms. The molecule has 0 N–H and O–H groups in total. The molecule has 2 aromatic rings. The van der Waals surface area contributed by atoms with Gasteiger partial charge in [-0.15, -0.1) is 0 Å². The Hall–Kier alpha value is -2.24. The SMILES string of the molecule is CCC(C)CC(Oc1ccc(Cl)cc1C)C(=O)OC(=O)COc1ccc(Cl)cc1C. The van der Waals surface area contributed by atoms with Gasteiger partial charge < -0.3 is 14.2 Å². The van der Waals surface area contributed by atoms with Gasteiger partial charge in [0, 0.05) is 10.0 Å². The fraction of sp³-hybridized carbons (Fsp3) is 0.391. The second-order valence-electron chi connectivity index (χ2n) is 7.26. The highest BCUT2D eigenvalue weighted by molar-refractivity contribution is 6.31. The maximum absolute atomic E-state index is 12.6. The van der Waals surface area contributed by atoms with E-state index < -0.39 is 24.6 Å². The van der Waals surface area contributed by atoms with E-state index in [4.69, 9.17) is 37.4 Å². The highest BCUT2D eigenvalue weighted by Gasteiger charge is 2.27. The molecule has 0 saturated heterocycles. The molecule has 162 valence electrons. The average Bonchev–Trinajstić information content (AvgIpc) is 2.68. The molecule has 2 atom stereocenters. The zero-order chi connectivity index (χ0) is 22.3. The lowest BCUT2D eigenvalue weighted by molar-refractivity contribution is -0.166. The van der Waals surface area contributed by atoms with E-state index in [1.165, 1.54) is 0 Å². The van der Waals surface area contributed by atoms with E-state index >= 15 is 0 Å². The van der Waals surface area contributed by atoms with Crippen LogP contribution in [0.5, 0.6) is 11.5 Å². The molecule has 0 saturated carbocycles. The highest BCUT2D eigenvalue weighted by atomic mass is 35.5. The van der Waals surface area contributed by atoms with E-state index in [-0.39, 0.29) is 5.92 Å². The molecule has 0 aliphatic heterocycles. The summed E-state index contributed by atoms with van der Waals surface area (Å²) in [7, 11) is 0. The zero-order valence-electron chi connectivity index (χ0n) is 17.5. The second-order valence-corrected chi connectivity index (χ2v) is 8.13. The summed E-state index contributed by atoms with van der Waals surface area (Å²) in [5, 5.41) is 1.14. The number of rotatable bonds is 9. The van der Waals surface area contributed by atoms with Crippen LogP contribution in [0.1, 0.15) is 37.8 Å². The first-order chi connectivity index (χ1) is 14.2. The summed E-state index contributed by atoms with van der Waals surface area (Å²) in [4.78, 5) is 24.8. The van der Waals surface area contributed by atoms with E-state index in [2.05, 4.69) is 0 Å². The summed E-state index contributed by atoms with van der Waals surface area (Å²) in [5.74, 6) is -0.317. The summed E-state index contributed by atoms with van der Waals surface area (Å²) in [6, 6.07) is 10.2. The van der Waals surface area contributed by atoms with Crippen molar-refractivity contribution in [2.24, 2.45) is 5.92 Å². The molecule has 0 aromatic heterocycles. The van der Waals surface area contributed by atoms with E-state index in [0.29, 0.717) is 28.0 Å². The molecule has 0 radical (unpaired) electrons. The average molecular weight is 453 g/mol. The van der Waals surface area contributed by atoms with Crippen LogP contribution in [0.3, 0.4) is 0 Å². The maximum atomic E-state index is 12.6. The van der Waals surface area contributed by atoms with Gasteiger partial charge in [0.15, 0.2) is 12.7 Å². The molecule has 0 aliphatic carbocycles. The smallest absolute Gasteiger partial charge is 0.355 e. The van der Waals surface area contributed by atoms with Crippen molar-refractivity contribution in [3.8, 4) is 11.5 Å². The van der Waals surface area contributed by atoms with E-state index in [9.17, 15) is 9.59 Å². The van der Waals surface area contributed by atoms with E-state index in [1.54, 1.807) is 36.4 Å². The van der Waals surface area contributed by atoms with Crippen LogP contribution in [-0.4, -0.2) is 24.6 Å². The largest absolute Gasteiger partial charge is 0.482 e. The normalized spacial score (nSPS) is 12.7. The Morgan fingerprint density at radius 3 is 2.07 bits per heavy atom. The van der Waals surface area contributed by atoms with Crippen molar-refractivity contribution in [3.63, 3.8) is 0 Å². The van der Waals surface area contributed by atoms with Crippen molar-refractivity contribution in [3.05, 3.63) is 57.6 Å². The Labute approximate surface area is 187 Å². The van der Waals surface area contributed by atoms with Crippen LogP contribution in [0.4, 0.5) is 0 Å². The van der Waals surface area contributed by atoms with Crippen molar-refractivity contribution in [2.45, 2.75) is 46.6 Å². The number of hydrogen-bond donors (Lipinski definition) is 0. The van der Waals surface area contributed by atoms with Crippen LogP contribution in [0.25, 0.3) is 0 Å². The third-order valence-electron chi connectivity index (χ3n) is 4.68. The number of ether oxygens (including phenoxy) is 3. The fourth-order valence-corrected chi connectivity index (χ4v) is 3.20. The molecule has 2 unspecified atom stereocenters. The lowest BCUT2D eigenvalue weighted by atomic mass is 10.0. The van der Waals surface area contributed by atoms with Gasteiger partial charge in [-0.2, -0.15) is 0 Å². The first-order valence-corrected chi connectivity index (χ1v) is 10.5. The van der Waals surface area contributed by atoms with Crippen molar-refractivity contribution < 1.29 is 23.8 Å². The molecule has 0 fully saturated rings. The second kappa shape index (κ2) is 11.2. The molecule has 30 heavy (non-hydrogen) atoms. The van der Waals surface area contributed by atoms with Gasteiger partial charge in [0.1, 0.15) is 11.5 Å². The Balaban J connectivity index is 2.02. The van der Waals surface area contributed by atoms with Crippen molar-refractivity contribution in [1.82, 2.24) is 0 Å². The predicted octanol–water partition coefficient (Wildman–Crippen LogP) is 5.94. The van der Waals surface area contributed by atoms with Gasteiger partial charge in [-0.25, -0.2) is 9.59 Å². The van der Waals surface area contributed by atoms with Crippen LogP contribution < -0.4 is 9.47 Å². The Morgan fingerprint density at radius 2 is 1.53 bits per heavy atom. The van der Waals surface area contributed by atoms with Crippen LogP contribution in [0.2, 0.25) is 10.0 Å².